The molecule has 0 spiro atoms. The molecule has 98 valence electrons. The molecule has 2 atom stereocenters. The van der Waals surface area contributed by atoms with Gasteiger partial charge in [-0.3, -0.25) is 4.79 Å². The van der Waals surface area contributed by atoms with E-state index in [0.717, 1.165) is 12.6 Å². The molecule has 0 unspecified atom stereocenters. The van der Waals surface area contributed by atoms with Crippen LogP contribution in [-0.2, 0) is 4.79 Å². The summed E-state index contributed by atoms with van der Waals surface area (Å²) in [6.45, 7) is 3.56. The Morgan fingerprint density at radius 1 is 1.44 bits per heavy atom. The smallest absolute Gasteiger partial charge is 0.308 e. The Hall–Kier alpha value is -1.49. The Labute approximate surface area is 104 Å². The molecule has 18 heavy (non-hydrogen) atoms. The molecule has 1 aromatic carbocycles. The van der Waals surface area contributed by atoms with Crippen molar-refractivity contribution < 1.29 is 18.7 Å². The van der Waals surface area contributed by atoms with Crippen molar-refractivity contribution in [2.75, 3.05) is 19.6 Å². The predicted octanol–water partition coefficient (Wildman–Crippen LogP) is 2.08. The predicted molar refractivity (Wildman–Crippen MR) is 62.3 cm³/mol. The first-order valence-corrected chi connectivity index (χ1v) is 5.93. The largest absolute Gasteiger partial charge is 0.481 e. The van der Waals surface area contributed by atoms with Crippen LogP contribution in [0.5, 0.6) is 0 Å². The lowest BCUT2D eigenvalue weighted by Crippen LogP contribution is -2.23. The first-order valence-electron chi connectivity index (χ1n) is 5.93. The number of carboxylic acids is 1. The van der Waals surface area contributed by atoms with E-state index in [-0.39, 0.29) is 0 Å². The lowest BCUT2D eigenvalue weighted by molar-refractivity contribution is -0.141. The molecule has 1 fully saturated rings. The molecule has 1 aliphatic heterocycles. The second-order valence-corrected chi connectivity index (χ2v) is 4.57. The summed E-state index contributed by atoms with van der Waals surface area (Å²) in [4.78, 5) is 13.2. The topological polar surface area (TPSA) is 40.5 Å². The minimum atomic E-state index is -0.931. The van der Waals surface area contributed by atoms with Gasteiger partial charge in [0.1, 0.15) is 11.6 Å². The number of nitrogens with zero attached hydrogens (tertiary/aromatic N) is 1. The SMILES string of the molecule is CCN1C[C@@H](C(=O)O)[C@H](c2ccc(F)cc2F)C1. The van der Waals surface area contributed by atoms with Gasteiger partial charge in [-0.1, -0.05) is 13.0 Å². The molecule has 1 aromatic rings. The Kier molecular flexibility index (Phi) is 3.61. The number of halogens is 2. The highest BCUT2D eigenvalue weighted by atomic mass is 19.1. The molecular formula is C13H15F2NO2. The Bertz CT molecular complexity index is 464. The number of carbonyl (C=O) groups is 1. The number of hydrogen-bond donors (Lipinski definition) is 1. The van der Waals surface area contributed by atoms with Crippen molar-refractivity contribution in [3.05, 3.63) is 35.4 Å². The van der Waals surface area contributed by atoms with Crippen molar-refractivity contribution in [1.29, 1.82) is 0 Å². The normalized spacial score (nSPS) is 24.4. The molecule has 0 aliphatic carbocycles. The molecule has 1 N–H and O–H groups in total. The van der Waals surface area contributed by atoms with Crippen molar-refractivity contribution in [2.45, 2.75) is 12.8 Å². The van der Waals surface area contributed by atoms with Crippen LogP contribution in [0.2, 0.25) is 0 Å². The van der Waals surface area contributed by atoms with Crippen LogP contribution in [0.1, 0.15) is 18.4 Å². The van der Waals surface area contributed by atoms with Crippen LogP contribution >= 0.6 is 0 Å². The molecule has 0 radical (unpaired) electrons. The molecular weight excluding hydrogens is 240 g/mol. The number of benzene rings is 1. The summed E-state index contributed by atoms with van der Waals surface area (Å²) in [7, 11) is 0. The number of aliphatic carboxylic acids is 1. The van der Waals surface area contributed by atoms with Crippen molar-refractivity contribution in [3.8, 4) is 0 Å². The van der Waals surface area contributed by atoms with Crippen LogP contribution in [0.4, 0.5) is 8.78 Å². The fourth-order valence-electron chi connectivity index (χ4n) is 2.51. The fraction of sp³-hybridized carbons (Fsp3) is 0.462. The van der Waals surface area contributed by atoms with Gasteiger partial charge >= 0.3 is 5.97 Å². The summed E-state index contributed by atoms with van der Waals surface area (Å²) in [6.07, 6.45) is 0. The molecule has 5 heteroatoms. The maximum atomic E-state index is 13.7. The molecule has 0 bridgehead atoms. The Balaban J connectivity index is 2.32. The Morgan fingerprint density at radius 2 is 2.17 bits per heavy atom. The number of likely N-dealkylation sites (tertiary alicyclic amines) is 1. The number of rotatable bonds is 3. The second-order valence-electron chi connectivity index (χ2n) is 4.57. The highest BCUT2D eigenvalue weighted by Crippen LogP contribution is 2.34. The molecule has 1 saturated heterocycles. The van der Waals surface area contributed by atoms with Gasteiger partial charge in [-0.25, -0.2) is 8.78 Å². The van der Waals surface area contributed by atoms with E-state index in [1.165, 1.54) is 12.1 Å². The molecule has 2 rings (SSSR count). The van der Waals surface area contributed by atoms with Gasteiger partial charge in [-0.2, -0.15) is 0 Å². The maximum absolute atomic E-state index is 13.7. The molecule has 3 nitrogen and oxygen atoms in total. The van der Waals surface area contributed by atoms with E-state index in [4.69, 9.17) is 0 Å². The zero-order valence-corrected chi connectivity index (χ0v) is 10.1. The average molecular weight is 255 g/mol. The van der Waals surface area contributed by atoms with Crippen LogP contribution in [0, 0.1) is 17.6 Å². The summed E-state index contributed by atoms with van der Waals surface area (Å²) >= 11 is 0. The summed E-state index contributed by atoms with van der Waals surface area (Å²) < 4.78 is 26.6. The van der Waals surface area contributed by atoms with Gasteiger partial charge in [0.15, 0.2) is 0 Å². The summed E-state index contributed by atoms with van der Waals surface area (Å²) in [5, 5.41) is 9.18. The third-order valence-corrected chi connectivity index (χ3v) is 3.52. The van der Waals surface area contributed by atoms with E-state index in [9.17, 15) is 18.7 Å². The summed E-state index contributed by atoms with van der Waals surface area (Å²) in [5.74, 6) is -3.29. The van der Waals surface area contributed by atoms with Crippen LogP contribution in [0.25, 0.3) is 0 Å². The third-order valence-electron chi connectivity index (χ3n) is 3.52. The van der Waals surface area contributed by atoms with E-state index in [1.807, 2.05) is 11.8 Å². The lowest BCUT2D eigenvalue weighted by atomic mass is 9.88. The monoisotopic (exact) mass is 255 g/mol. The van der Waals surface area contributed by atoms with Crippen molar-refractivity contribution in [2.24, 2.45) is 5.92 Å². The van der Waals surface area contributed by atoms with E-state index in [2.05, 4.69) is 0 Å². The van der Waals surface area contributed by atoms with E-state index in [0.29, 0.717) is 18.7 Å². The highest BCUT2D eigenvalue weighted by Gasteiger charge is 2.39. The van der Waals surface area contributed by atoms with Crippen molar-refractivity contribution >= 4 is 5.97 Å². The van der Waals surface area contributed by atoms with Crippen molar-refractivity contribution in [3.63, 3.8) is 0 Å². The quantitative estimate of drug-likeness (QED) is 0.899. The molecule has 0 saturated carbocycles. The molecule has 1 aliphatic rings. The number of likely N-dealkylation sites (N-methyl/N-ethyl adjacent to an activating group) is 1. The van der Waals surface area contributed by atoms with E-state index >= 15 is 0 Å². The van der Waals surface area contributed by atoms with Crippen LogP contribution < -0.4 is 0 Å². The van der Waals surface area contributed by atoms with Gasteiger partial charge in [-0.15, -0.1) is 0 Å². The van der Waals surface area contributed by atoms with Crippen LogP contribution in [0.15, 0.2) is 18.2 Å². The van der Waals surface area contributed by atoms with E-state index < -0.39 is 29.4 Å². The molecule has 0 aromatic heterocycles. The minimum Gasteiger partial charge on any atom is -0.481 e. The summed E-state index contributed by atoms with van der Waals surface area (Å²) in [5.41, 5.74) is 0.291. The first kappa shape index (κ1) is 13.0. The second kappa shape index (κ2) is 5.02. The number of carboxylic acid groups (broad SMARTS) is 1. The van der Waals surface area contributed by atoms with Gasteiger partial charge in [-0.05, 0) is 18.2 Å². The standard InChI is InChI=1S/C13H15F2NO2/c1-2-16-6-10(11(7-16)13(17)18)9-4-3-8(14)5-12(9)15/h3-5,10-11H,2,6-7H2,1H3,(H,17,18)/t10-,11+/m0/s1. The zero-order chi connectivity index (χ0) is 13.3. The first-order chi connectivity index (χ1) is 8.52. The lowest BCUT2D eigenvalue weighted by Gasteiger charge is -2.16. The maximum Gasteiger partial charge on any atom is 0.308 e. The molecule has 1 heterocycles. The van der Waals surface area contributed by atoms with Gasteiger partial charge in [0.05, 0.1) is 5.92 Å². The number of hydrogen-bond acceptors (Lipinski definition) is 2. The van der Waals surface area contributed by atoms with E-state index in [1.54, 1.807) is 0 Å². The van der Waals surface area contributed by atoms with Crippen LogP contribution in [-0.4, -0.2) is 35.6 Å². The zero-order valence-electron chi connectivity index (χ0n) is 10.1. The van der Waals surface area contributed by atoms with Gasteiger partial charge in [0.25, 0.3) is 0 Å². The van der Waals surface area contributed by atoms with Gasteiger partial charge in [0.2, 0.25) is 0 Å². The fourth-order valence-corrected chi connectivity index (χ4v) is 2.51. The van der Waals surface area contributed by atoms with Crippen LogP contribution in [0.3, 0.4) is 0 Å². The average Bonchev–Trinajstić information content (AvgIpc) is 2.73. The minimum absolute atomic E-state index is 0.291. The Morgan fingerprint density at radius 3 is 2.72 bits per heavy atom. The third kappa shape index (κ3) is 2.36. The summed E-state index contributed by atoms with van der Waals surface area (Å²) in [6, 6.07) is 3.33. The van der Waals surface area contributed by atoms with Gasteiger partial charge < -0.3 is 10.0 Å². The molecule has 0 amide bonds. The van der Waals surface area contributed by atoms with Crippen molar-refractivity contribution in [1.82, 2.24) is 4.90 Å². The van der Waals surface area contributed by atoms with Gasteiger partial charge in [0, 0.05) is 25.1 Å². The highest BCUT2D eigenvalue weighted by molar-refractivity contribution is 5.72.